The maximum atomic E-state index is 12.7. The minimum Gasteiger partial charge on any atom is -0.383 e. The molecule has 0 bridgehead atoms. The van der Waals surface area contributed by atoms with E-state index in [0.717, 1.165) is 12.1 Å². The number of nitrogens with one attached hydrogen (secondary N) is 1. The minimum absolute atomic E-state index is 0.0319. The van der Waals surface area contributed by atoms with Crippen molar-refractivity contribution in [2.75, 3.05) is 25.2 Å². The number of hydrogen-bond acceptors (Lipinski definition) is 3. The van der Waals surface area contributed by atoms with Gasteiger partial charge >= 0.3 is 0 Å². The Hall–Kier alpha value is -1.88. The number of carbonyl (C=O) groups excluding carboxylic acids is 2. The Balaban J connectivity index is 1.63. The summed E-state index contributed by atoms with van der Waals surface area (Å²) >= 11 is 0. The molecule has 5 heteroatoms. The smallest absolute Gasteiger partial charge is 0.231 e. The summed E-state index contributed by atoms with van der Waals surface area (Å²) in [6.45, 7) is 3.05. The van der Waals surface area contributed by atoms with Crippen LogP contribution in [0.15, 0.2) is 24.3 Å². The second kappa shape index (κ2) is 6.08. The molecule has 118 valence electrons. The van der Waals surface area contributed by atoms with Crippen LogP contribution in [0.1, 0.15) is 18.9 Å². The van der Waals surface area contributed by atoms with Crippen LogP contribution in [-0.4, -0.2) is 38.1 Å². The van der Waals surface area contributed by atoms with Crippen LogP contribution in [0.3, 0.4) is 0 Å². The third-order valence-corrected chi connectivity index (χ3v) is 4.49. The van der Waals surface area contributed by atoms with Crippen molar-refractivity contribution in [3.8, 4) is 0 Å². The van der Waals surface area contributed by atoms with Crippen molar-refractivity contribution in [1.29, 1.82) is 0 Å². The molecule has 1 heterocycles. The van der Waals surface area contributed by atoms with Crippen LogP contribution in [0, 0.1) is 11.8 Å². The molecule has 0 spiro atoms. The summed E-state index contributed by atoms with van der Waals surface area (Å²) in [6, 6.07) is 8.19. The van der Waals surface area contributed by atoms with Gasteiger partial charge in [0, 0.05) is 25.4 Å². The summed E-state index contributed by atoms with van der Waals surface area (Å²) in [6.07, 6.45) is 1.54. The first-order valence-corrected chi connectivity index (χ1v) is 7.81. The van der Waals surface area contributed by atoms with E-state index in [9.17, 15) is 9.59 Å². The Bertz CT molecular complexity index is 587. The first kappa shape index (κ1) is 15.0. The first-order chi connectivity index (χ1) is 10.6. The monoisotopic (exact) mass is 302 g/mol. The topological polar surface area (TPSA) is 58.6 Å². The van der Waals surface area contributed by atoms with Gasteiger partial charge in [-0.15, -0.1) is 0 Å². The van der Waals surface area contributed by atoms with E-state index < -0.39 is 0 Å². The van der Waals surface area contributed by atoms with Gasteiger partial charge in [0.1, 0.15) is 0 Å². The standard InChI is InChI=1S/C17H22N2O3/c1-11-9-12-5-3-4-6-15(12)19(11)17(21)14-10-13(14)16(20)18-7-8-22-2/h3-6,11,13-14H,7-10H2,1-2H3,(H,18,20). The van der Waals surface area contributed by atoms with Crippen LogP contribution in [0.25, 0.3) is 0 Å². The Labute approximate surface area is 130 Å². The molecule has 1 aromatic rings. The number of anilines is 1. The molecule has 3 atom stereocenters. The molecule has 0 radical (unpaired) electrons. The lowest BCUT2D eigenvalue weighted by Crippen LogP contribution is -2.38. The van der Waals surface area contributed by atoms with E-state index in [1.54, 1.807) is 7.11 Å². The van der Waals surface area contributed by atoms with E-state index in [-0.39, 0.29) is 29.7 Å². The maximum absolute atomic E-state index is 12.7. The zero-order chi connectivity index (χ0) is 15.7. The lowest BCUT2D eigenvalue weighted by Gasteiger charge is -2.23. The molecule has 0 aromatic heterocycles. The molecule has 1 saturated carbocycles. The number of carbonyl (C=O) groups is 2. The third kappa shape index (κ3) is 2.73. The van der Waals surface area contributed by atoms with E-state index >= 15 is 0 Å². The van der Waals surface area contributed by atoms with Gasteiger partial charge in [0.25, 0.3) is 0 Å². The van der Waals surface area contributed by atoms with Crippen molar-refractivity contribution in [2.24, 2.45) is 11.8 Å². The summed E-state index contributed by atoms with van der Waals surface area (Å²) in [5, 5.41) is 2.82. The second-order valence-corrected chi connectivity index (χ2v) is 6.12. The van der Waals surface area contributed by atoms with Crippen LogP contribution in [-0.2, 0) is 20.7 Å². The highest BCUT2D eigenvalue weighted by atomic mass is 16.5. The molecule has 2 amide bonds. The fourth-order valence-electron chi connectivity index (χ4n) is 3.25. The van der Waals surface area contributed by atoms with E-state index in [1.165, 1.54) is 5.56 Å². The molecular formula is C17H22N2O3. The fourth-order valence-corrected chi connectivity index (χ4v) is 3.25. The highest BCUT2D eigenvalue weighted by molar-refractivity contribution is 6.02. The fraction of sp³-hybridized carbons (Fsp3) is 0.529. The van der Waals surface area contributed by atoms with Crippen LogP contribution in [0.4, 0.5) is 5.69 Å². The highest BCUT2D eigenvalue weighted by Crippen LogP contribution is 2.43. The van der Waals surface area contributed by atoms with Gasteiger partial charge in [0.2, 0.25) is 11.8 Å². The summed E-state index contributed by atoms with van der Waals surface area (Å²) in [7, 11) is 1.60. The Morgan fingerprint density at radius 1 is 1.32 bits per heavy atom. The first-order valence-electron chi connectivity index (χ1n) is 7.81. The molecule has 1 fully saturated rings. The molecule has 2 aliphatic rings. The number of para-hydroxylation sites is 1. The quantitative estimate of drug-likeness (QED) is 0.836. The molecule has 1 aliphatic carbocycles. The van der Waals surface area contributed by atoms with Crippen molar-refractivity contribution in [3.63, 3.8) is 0 Å². The molecule has 22 heavy (non-hydrogen) atoms. The van der Waals surface area contributed by atoms with Gasteiger partial charge in [-0.1, -0.05) is 18.2 Å². The SMILES string of the molecule is COCCNC(=O)C1CC1C(=O)N1c2ccccc2CC1C. The second-order valence-electron chi connectivity index (χ2n) is 6.12. The van der Waals surface area contributed by atoms with Crippen LogP contribution in [0.2, 0.25) is 0 Å². The lowest BCUT2D eigenvalue weighted by molar-refractivity contribution is -0.126. The van der Waals surface area contributed by atoms with Crippen molar-refractivity contribution in [3.05, 3.63) is 29.8 Å². The van der Waals surface area contributed by atoms with E-state index in [0.29, 0.717) is 19.6 Å². The maximum Gasteiger partial charge on any atom is 0.231 e. The van der Waals surface area contributed by atoms with Crippen LogP contribution >= 0.6 is 0 Å². The Morgan fingerprint density at radius 2 is 2.09 bits per heavy atom. The average molecular weight is 302 g/mol. The molecule has 1 aromatic carbocycles. The van der Waals surface area contributed by atoms with Crippen LogP contribution < -0.4 is 10.2 Å². The Kier molecular flexibility index (Phi) is 4.16. The number of rotatable bonds is 5. The number of fused-ring (bicyclic) bond motifs is 1. The normalized spacial score (nSPS) is 25.7. The van der Waals surface area contributed by atoms with E-state index in [4.69, 9.17) is 4.74 Å². The van der Waals surface area contributed by atoms with Gasteiger partial charge in [-0.25, -0.2) is 0 Å². The number of ether oxygens (including phenoxy) is 1. The van der Waals surface area contributed by atoms with Gasteiger partial charge in [0.15, 0.2) is 0 Å². The van der Waals surface area contributed by atoms with E-state index in [2.05, 4.69) is 18.3 Å². The van der Waals surface area contributed by atoms with Crippen molar-refractivity contribution >= 4 is 17.5 Å². The highest BCUT2D eigenvalue weighted by Gasteiger charge is 2.51. The molecular weight excluding hydrogens is 280 g/mol. The summed E-state index contributed by atoms with van der Waals surface area (Å²) in [5.41, 5.74) is 2.22. The summed E-state index contributed by atoms with van der Waals surface area (Å²) < 4.78 is 4.91. The molecule has 1 aliphatic heterocycles. The minimum atomic E-state index is -0.177. The summed E-state index contributed by atoms with van der Waals surface area (Å²) in [5.74, 6) is -0.291. The van der Waals surface area contributed by atoms with Crippen molar-refractivity contribution in [2.45, 2.75) is 25.8 Å². The number of amides is 2. The number of methoxy groups -OCH3 is 1. The lowest BCUT2D eigenvalue weighted by atomic mass is 10.1. The predicted molar refractivity (Wildman–Crippen MR) is 83.6 cm³/mol. The van der Waals surface area contributed by atoms with Gasteiger partial charge < -0.3 is 15.0 Å². The van der Waals surface area contributed by atoms with Gasteiger partial charge in [-0.3, -0.25) is 9.59 Å². The van der Waals surface area contributed by atoms with Gasteiger partial charge in [-0.2, -0.15) is 0 Å². The molecule has 3 rings (SSSR count). The third-order valence-electron chi connectivity index (χ3n) is 4.49. The number of hydrogen-bond donors (Lipinski definition) is 1. The number of nitrogens with zero attached hydrogens (tertiary/aromatic N) is 1. The zero-order valence-electron chi connectivity index (χ0n) is 13.0. The largest absolute Gasteiger partial charge is 0.383 e. The molecule has 1 N–H and O–H groups in total. The molecule has 3 unspecified atom stereocenters. The van der Waals surface area contributed by atoms with E-state index in [1.807, 2.05) is 23.1 Å². The van der Waals surface area contributed by atoms with Gasteiger partial charge in [-0.05, 0) is 31.4 Å². The Morgan fingerprint density at radius 3 is 2.86 bits per heavy atom. The van der Waals surface area contributed by atoms with Crippen molar-refractivity contribution < 1.29 is 14.3 Å². The van der Waals surface area contributed by atoms with Crippen molar-refractivity contribution in [1.82, 2.24) is 5.32 Å². The van der Waals surface area contributed by atoms with Crippen LogP contribution in [0.5, 0.6) is 0 Å². The molecule has 0 saturated heterocycles. The number of benzene rings is 1. The zero-order valence-corrected chi connectivity index (χ0v) is 13.0. The van der Waals surface area contributed by atoms with Gasteiger partial charge in [0.05, 0.1) is 18.4 Å². The average Bonchev–Trinajstić information content (AvgIpc) is 3.23. The predicted octanol–water partition coefficient (Wildman–Crippen LogP) is 1.36. The molecule has 5 nitrogen and oxygen atoms in total. The summed E-state index contributed by atoms with van der Waals surface area (Å²) in [4.78, 5) is 26.6.